The summed E-state index contributed by atoms with van der Waals surface area (Å²) < 4.78 is 0. The average molecular weight is 246 g/mol. The molecule has 0 aliphatic heterocycles. The Labute approximate surface area is 64.6 Å². The third-order valence-corrected chi connectivity index (χ3v) is 0. The third kappa shape index (κ3) is 39.4. The molecule has 6 heteroatoms. The van der Waals surface area contributed by atoms with Crippen LogP contribution in [0.3, 0.4) is 0 Å². The summed E-state index contributed by atoms with van der Waals surface area (Å²) in [6.07, 6.45) is 0. The minimum absolute atomic E-state index is 0.604. The Morgan fingerprint density at radius 1 is 0.667 bits per heavy atom. The standard InChI is InChI=1S/2Co.4S. The molecule has 0 rings (SSSR count). The van der Waals surface area contributed by atoms with Crippen molar-refractivity contribution in [3.63, 3.8) is 0 Å². The fourth-order valence-electron chi connectivity index (χ4n) is 0. The molecule has 0 atom stereocenters. The van der Waals surface area contributed by atoms with Crippen molar-refractivity contribution in [3.8, 4) is 0 Å². The molecule has 0 aliphatic rings. The van der Waals surface area contributed by atoms with Crippen molar-refractivity contribution >= 4 is 42.4 Å². The van der Waals surface area contributed by atoms with E-state index in [-0.39, 0.29) is 0 Å². The van der Waals surface area contributed by atoms with Crippen molar-refractivity contribution in [1.29, 1.82) is 0 Å². The molecule has 0 spiro atoms. The Bertz CT molecular complexity index is 59.5. The van der Waals surface area contributed by atoms with Crippen molar-refractivity contribution in [2.24, 2.45) is 0 Å². The molecule has 0 N–H and O–H groups in total. The van der Waals surface area contributed by atoms with Crippen LogP contribution in [0.1, 0.15) is 0 Å². The van der Waals surface area contributed by atoms with E-state index >= 15 is 0 Å². The van der Waals surface area contributed by atoms with E-state index in [0.29, 0.717) is 22.9 Å². The molecule has 6 heavy (non-hydrogen) atoms. The van der Waals surface area contributed by atoms with Gasteiger partial charge in [-0.25, -0.2) is 0 Å². The zero-order valence-electron chi connectivity index (χ0n) is 2.30. The van der Waals surface area contributed by atoms with Gasteiger partial charge in [0.15, 0.2) is 0 Å². The second-order valence-electron chi connectivity index (χ2n) is 0.111. The molecule has 0 saturated carbocycles. The van der Waals surface area contributed by atoms with Gasteiger partial charge in [0.1, 0.15) is 0 Å². The molecule has 0 unspecified atom stereocenters. The molecule has 0 aromatic heterocycles. The van der Waals surface area contributed by atoms with Gasteiger partial charge in [-0.15, -0.1) is 0 Å². The monoisotopic (exact) mass is 246 g/mol. The van der Waals surface area contributed by atoms with E-state index in [1.165, 1.54) is 0 Å². The maximum atomic E-state index is 4.18. The molecule has 0 heterocycles. The topological polar surface area (TPSA) is 0 Å². The third-order valence-electron chi connectivity index (χ3n) is 0. The molecule has 0 bridgehead atoms. The van der Waals surface area contributed by atoms with Crippen LogP contribution in [0.25, 0.3) is 0 Å². The van der Waals surface area contributed by atoms with Crippen molar-refractivity contribution in [2.75, 3.05) is 0 Å². The van der Waals surface area contributed by atoms with Crippen molar-refractivity contribution in [1.82, 2.24) is 0 Å². The van der Waals surface area contributed by atoms with Gasteiger partial charge >= 0.3 is 65.4 Å². The molecule has 0 fully saturated rings. The SMILES string of the molecule is [S]=[Co]=[S].[S]=[Co]=[S]. The zero-order valence-corrected chi connectivity index (χ0v) is 7.65. The maximum absolute atomic E-state index is 4.18. The first kappa shape index (κ1) is 10.8. The van der Waals surface area contributed by atoms with E-state index < -0.39 is 0 Å². The summed E-state index contributed by atoms with van der Waals surface area (Å²) >= 11 is 1.21. The first-order valence-corrected chi connectivity index (χ1v) is 6.73. The molecule has 0 nitrogen and oxygen atoms in total. The van der Waals surface area contributed by atoms with Crippen molar-refractivity contribution in [2.45, 2.75) is 0 Å². The Balaban J connectivity index is 0. The van der Waals surface area contributed by atoms with Crippen LogP contribution in [0.5, 0.6) is 0 Å². The van der Waals surface area contributed by atoms with E-state index in [1.807, 2.05) is 0 Å². The summed E-state index contributed by atoms with van der Waals surface area (Å²) in [4.78, 5) is 0. The summed E-state index contributed by atoms with van der Waals surface area (Å²) in [7, 11) is 16.7. The Morgan fingerprint density at radius 2 is 0.667 bits per heavy atom. The van der Waals surface area contributed by atoms with Gasteiger partial charge < -0.3 is 0 Å². The second kappa shape index (κ2) is 15.8. The van der Waals surface area contributed by atoms with Crippen LogP contribution in [-0.2, 0) is 22.9 Å². The Kier molecular flexibility index (Phi) is 28.4. The first-order chi connectivity index (χ1) is 2.83. The summed E-state index contributed by atoms with van der Waals surface area (Å²) in [5.74, 6) is 0. The van der Waals surface area contributed by atoms with Gasteiger partial charge in [-0.1, -0.05) is 0 Å². The van der Waals surface area contributed by atoms with E-state index in [2.05, 4.69) is 42.4 Å². The Hall–Kier alpha value is 1.89. The van der Waals surface area contributed by atoms with Crippen LogP contribution < -0.4 is 0 Å². The van der Waals surface area contributed by atoms with Gasteiger partial charge in [-0.05, 0) is 0 Å². The first-order valence-electron chi connectivity index (χ1n) is 0.544. The quantitative estimate of drug-likeness (QED) is 0.644. The fourth-order valence-corrected chi connectivity index (χ4v) is 0. The molecular formula is Co2S4. The summed E-state index contributed by atoms with van der Waals surface area (Å²) in [6, 6.07) is 0. The second-order valence-corrected chi connectivity index (χ2v) is 4.12. The Morgan fingerprint density at radius 3 is 0.667 bits per heavy atom. The van der Waals surface area contributed by atoms with Crippen LogP contribution in [-0.4, -0.2) is 0 Å². The normalized spacial score (nSPS) is 5.33. The van der Waals surface area contributed by atoms with E-state index in [4.69, 9.17) is 0 Å². The van der Waals surface area contributed by atoms with Crippen LogP contribution >= 0.6 is 42.4 Å². The summed E-state index contributed by atoms with van der Waals surface area (Å²) in [6.45, 7) is 0. The molecular weight excluding hydrogens is 246 g/mol. The number of rotatable bonds is 0. The van der Waals surface area contributed by atoms with Crippen molar-refractivity contribution < 1.29 is 22.9 Å². The van der Waals surface area contributed by atoms with Crippen LogP contribution in [0, 0.1) is 0 Å². The molecule has 0 aliphatic carbocycles. The van der Waals surface area contributed by atoms with Crippen LogP contribution in [0.4, 0.5) is 0 Å². The van der Waals surface area contributed by atoms with E-state index in [9.17, 15) is 0 Å². The number of hydrogen-bond donors (Lipinski definition) is 0. The van der Waals surface area contributed by atoms with E-state index in [1.54, 1.807) is 0 Å². The van der Waals surface area contributed by atoms with Crippen LogP contribution in [0.2, 0.25) is 0 Å². The molecule has 42 valence electrons. The number of hydrogen-bond acceptors (Lipinski definition) is 4. The van der Waals surface area contributed by atoms with Gasteiger partial charge in [0.2, 0.25) is 0 Å². The molecule has 0 aromatic carbocycles. The summed E-state index contributed by atoms with van der Waals surface area (Å²) in [5.41, 5.74) is 0. The van der Waals surface area contributed by atoms with Gasteiger partial charge in [0.05, 0.1) is 0 Å². The van der Waals surface area contributed by atoms with Gasteiger partial charge in [-0.3, -0.25) is 0 Å². The minimum atomic E-state index is 0.604. The van der Waals surface area contributed by atoms with E-state index in [0.717, 1.165) is 0 Å². The summed E-state index contributed by atoms with van der Waals surface area (Å²) in [5, 5.41) is 0. The van der Waals surface area contributed by atoms with Gasteiger partial charge in [0, 0.05) is 0 Å². The zero-order chi connectivity index (χ0) is 5.41. The predicted molar refractivity (Wildman–Crippen MR) is 30.4 cm³/mol. The molecule has 0 amide bonds. The molecule has 0 aromatic rings. The van der Waals surface area contributed by atoms with Gasteiger partial charge in [0.25, 0.3) is 0 Å². The average Bonchev–Trinajstić information content (AvgIpc) is 1.39. The van der Waals surface area contributed by atoms with Gasteiger partial charge in [-0.2, -0.15) is 0 Å². The fraction of sp³-hybridized carbons (Fsp3) is 0. The molecule has 0 radical (unpaired) electrons. The van der Waals surface area contributed by atoms with Crippen molar-refractivity contribution in [3.05, 3.63) is 0 Å². The van der Waals surface area contributed by atoms with Crippen LogP contribution in [0.15, 0.2) is 0 Å². The predicted octanol–water partition coefficient (Wildman–Crippen LogP) is 2.59. The molecule has 0 saturated heterocycles.